The Hall–Kier alpha value is -2.34. The number of fused-ring (bicyclic) bond motifs is 1. The summed E-state index contributed by atoms with van der Waals surface area (Å²) in [5, 5.41) is 7.42. The molecule has 0 spiro atoms. The molecule has 1 atom stereocenters. The molecule has 1 aromatic carbocycles. The van der Waals surface area contributed by atoms with Gasteiger partial charge in [-0.2, -0.15) is 0 Å². The number of para-hydroxylation sites is 1. The van der Waals surface area contributed by atoms with Gasteiger partial charge in [-0.3, -0.25) is 9.59 Å². The predicted octanol–water partition coefficient (Wildman–Crippen LogP) is 1.18. The molecule has 2 aliphatic rings. The zero-order valence-electron chi connectivity index (χ0n) is 14.3. The van der Waals surface area contributed by atoms with E-state index in [-0.39, 0.29) is 17.9 Å². The Kier molecular flexibility index (Phi) is 4.44. The Morgan fingerprint density at radius 2 is 2.08 bits per heavy atom. The molecule has 1 saturated carbocycles. The number of nitrogens with zero attached hydrogens (tertiary/aromatic N) is 1. The topological polar surface area (TPSA) is 77.2 Å². The van der Waals surface area contributed by atoms with Crippen molar-refractivity contribution in [2.45, 2.75) is 37.8 Å². The summed E-state index contributed by atoms with van der Waals surface area (Å²) in [6.45, 7) is 1.87. The Morgan fingerprint density at radius 1 is 1.24 bits per heavy atom. The summed E-state index contributed by atoms with van der Waals surface area (Å²) in [6.07, 6.45) is 5.20. The monoisotopic (exact) mass is 340 g/mol. The summed E-state index contributed by atoms with van der Waals surface area (Å²) in [6, 6.07) is 8.05. The number of amides is 2. The van der Waals surface area contributed by atoms with Crippen LogP contribution in [0, 0.1) is 0 Å². The van der Waals surface area contributed by atoms with Crippen LogP contribution in [0.3, 0.4) is 0 Å². The van der Waals surface area contributed by atoms with Crippen molar-refractivity contribution < 1.29 is 9.59 Å². The number of rotatable bonds is 5. The number of aryl methyl sites for hydroxylation is 1. The summed E-state index contributed by atoms with van der Waals surface area (Å²) < 4.78 is 0. The summed E-state index contributed by atoms with van der Waals surface area (Å²) in [5.74, 6) is 0.0397. The molecular formula is C19H24N4O2. The van der Waals surface area contributed by atoms with Crippen molar-refractivity contribution >= 4 is 22.7 Å². The van der Waals surface area contributed by atoms with Gasteiger partial charge in [-0.15, -0.1) is 0 Å². The van der Waals surface area contributed by atoms with E-state index in [1.54, 1.807) is 4.90 Å². The van der Waals surface area contributed by atoms with E-state index in [0.717, 1.165) is 30.5 Å². The molecule has 6 heteroatoms. The molecule has 132 valence electrons. The maximum atomic E-state index is 12.8. The predicted molar refractivity (Wildman–Crippen MR) is 96.2 cm³/mol. The first-order chi connectivity index (χ1) is 12.2. The number of H-pyrrole nitrogens is 1. The van der Waals surface area contributed by atoms with Crippen molar-refractivity contribution in [2.75, 3.05) is 19.6 Å². The third-order valence-corrected chi connectivity index (χ3v) is 5.07. The van der Waals surface area contributed by atoms with E-state index >= 15 is 0 Å². The third-order valence-electron chi connectivity index (χ3n) is 5.07. The lowest BCUT2D eigenvalue weighted by Gasteiger charge is -2.35. The molecule has 2 aromatic rings. The number of carbonyl (C=O) groups excluding carboxylic acids is 2. The van der Waals surface area contributed by atoms with Crippen molar-refractivity contribution in [3.63, 3.8) is 0 Å². The molecule has 2 fully saturated rings. The van der Waals surface area contributed by atoms with Crippen molar-refractivity contribution in [3.05, 3.63) is 36.0 Å². The molecule has 3 N–H and O–H groups in total. The Bertz CT molecular complexity index is 781. The molecule has 25 heavy (non-hydrogen) atoms. The van der Waals surface area contributed by atoms with Gasteiger partial charge in [-0.25, -0.2) is 0 Å². The second kappa shape index (κ2) is 6.88. The molecule has 1 aliphatic heterocycles. The molecule has 1 aliphatic carbocycles. The minimum atomic E-state index is -0.384. The smallest absolute Gasteiger partial charge is 0.244 e. The summed E-state index contributed by atoms with van der Waals surface area (Å²) in [4.78, 5) is 30.2. The van der Waals surface area contributed by atoms with Gasteiger partial charge in [0.25, 0.3) is 0 Å². The minimum absolute atomic E-state index is 0.0184. The Morgan fingerprint density at radius 3 is 2.92 bits per heavy atom. The summed E-state index contributed by atoms with van der Waals surface area (Å²) in [7, 11) is 0. The van der Waals surface area contributed by atoms with Crippen LogP contribution in [0.5, 0.6) is 0 Å². The average molecular weight is 340 g/mol. The van der Waals surface area contributed by atoms with Crippen molar-refractivity contribution in [1.82, 2.24) is 20.5 Å². The van der Waals surface area contributed by atoms with Crippen LogP contribution in [-0.2, 0) is 16.0 Å². The minimum Gasteiger partial charge on any atom is -0.361 e. The van der Waals surface area contributed by atoms with Gasteiger partial charge in [0, 0.05) is 49.2 Å². The van der Waals surface area contributed by atoms with Crippen LogP contribution in [0.1, 0.15) is 24.8 Å². The van der Waals surface area contributed by atoms with E-state index in [4.69, 9.17) is 0 Å². The second-order valence-electron chi connectivity index (χ2n) is 6.95. The standard InChI is InChI=1S/C19H24N4O2/c24-18(8-5-13-11-21-16-4-2-1-3-15(13)16)23-10-9-20-12-17(23)19(25)22-14-6-7-14/h1-4,11,14,17,20-21H,5-10,12H2,(H,22,25)/t17-/m1/s1. The highest BCUT2D eigenvalue weighted by Gasteiger charge is 2.34. The van der Waals surface area contributed by atoms with E-state index in [1.807, 2.05) is 24.4 Å². The number of benzene rings is 1. The van der Waals surface area contributed by atoms with Crippen molar-refractivity contribution in [2.24, 2.45) is 0 Å². The third kappa shape index (κ3) is 3.54. The van der Waals surface area contributed by atoms with Gasteiger partial charge in [-0.1, -0.05) is 18.2 Å². The normalized spacial score (nSPS) is 20.6. The van der Waals surface area contributed by atoms with Crippen LogP contribution in [0.4, 0.5) is 0 Å². The van der Waals surface area contributed by atoms with Crippen LogP contribution in [0.25, 0.3) is 10.9 Å². The first-order valence-electron chi connectivity index (χ1n) is 9.08. The first kappa shape index (κ1) is 16.1. The van der Waals surface area contributed by atoms with E-state index in [0.29, 0.717) is 32.0 Å². The molecule has 2 amide bonds. The van der Waals surface area contributed by atoms with Crippen molar-refractivity contribution in [3.8, 4) is 0 Å². The van der Waals surface area contributed by atoms with Crippen LogP contribution >= 0.6 is 0 Å². The SMILES string of the molecule is O=C(NC1CC1)[C@H]1CNCCN1C(=O)CCc1c[nH]c2ccccc12. The Balaban J connectivity index is 1.40. The first-order valence-corrected chi connectivity index (χ1v) is 9.08. The number of aromatic amines is 1. The molecule has 0 radical (unpaired) electrons. The van der Waals surface area contributed by atoms with E-state index < -0.39 is 0 Å². The van der Waals surface area contributed by atoms with Crippen molar-refractivity contribution in [1.29, 1.82) is 0 Å². The van der Waals surface area contributed by atoms with E-state index in [9.17, 15) is 9.59 Å². The fourth-order valence-electron chi connectivity index (χ4n) is 3.49. The fourth-order valence-corrected chi connectivity index (χ4v) is 3.49. The van der Waals surface area contributed by atoms with Crippen LogP contribution in [-0.4, -0.2) is 53.4 Å². The maximum Gasteiger partial charge on any atom is 0.244 e. The summed E-state index contributed by atoms with van der Waals surface area (Å²) >= 11 is 0. The number of nitrogens with one attached hydrogen (secondary N) is 3. The molecule has 0 bridgehead atoms. The zero-order valence-corrected chi connectivity index (χ0v) is 14.3. The van der Waals surface area contributed by atoms with Crippen LogP contribution in [0.2, 0.25) is 0 Å². The quantitative estimate of drug-likeness (QED) is 0.765. The molecule has 0 unspecified atom stereocenters. The second-order valence-corrected chi connectivity index (χ2v) is 6.95. The largest absolute Gasteiger partial charge is 0.361 e. The van der Waals surface area contributed by atoms with Gasteiger partial charge < -0.3 is 20.5 Å². The lowest BCUT2D eigenvalue weighted by atomic mass is 10.1. The number of aromatic nitrogens is 1. The molecule has 2 heterocycles. The van der Waals surface area contributed by atoms with E-state index in [1.165, 1.54) is 5.39 Å². The molecule has 4 rings (SSSR count). The Labute approximate surface area is 147 Å². The fraction of sp³-hybridized carbons (Fsp3) is 0.474. The summed E-state index contributed by atoms with van der Waals surface area (Å²) in [5.41, 5.74) is 2.24. The molecule has 1 aromatic heterocycles. The number of carbonyl (C=O) groups is 2. The lowest BCUT2D eigenvalue weighted by molar-refractivity contribution is -0.141. The average Bonchev–Trinajstić information content (AvgIpc) is 3.36. The highest BCUT2D eigenvalue weighted by atomic mass is 16.2. The molecule has 1 saturated heterocycles. The van der Waals surface area contributed by atoms with Crippen LogP contribution in [0.15, 0.2) is 30.5 Å². The zero-order chi connectivity index (χ0) is 17.2. The van der Waals surface area contributed by atoms with Gasteiger partial charge in [0.2, 0.25) is 11.8 Å². The highest BCUT2D eigenvalue weighted by molar-refractivity contribution is 5.89. The van der Waals surface area contributed by atoms with Gasteiger partial charge in [0.15, 0.2) is 0 Å². The highest BCUT2D eigenvalue weighted by Crippen LogP contribution is 2.21. The van der Waals surface area contributed by atoms with Gasteiger partial charge in [0.1, 0.15) is 6.04 Å². The van der Waals surface area contributed by atoms with Gasteiger partial charge >= 0.3 is 0 Å². The van der Waals surface area contributed by atoms with E-state index in [2.05, 4.69) is 21.7 Å². The number of piperazine rings is 1. The molecule has 6 nitrogen and oxygen atoms in total. The van der Waals surface area contributed by atoms with Gasteiger partial charge in [0.05, 0.1) is 0 Å². The molecular weight excluding hydrogens is 316 g/mol. The number of hydrogen-bond donors (Lipinski definition) is 3. The lowest BCUT2D eigenvalue weighted by Crippen LogP contribution is -2.59. The maximum absolute atomic E-state index is 12.8. The van der Waals surface area contributed by atoms with Crippen LogP contribution < -0.4 is 10.6 Å². The number of hydrogen-bond acceptors (Lipinski definition) is 3. The van der Waals surface area contributed by atoms with Gasteiger partial charge in [-0.05, 0) is 30.9 Å².